The van der Waals surface area contributed by atoms with Crippen LogP contribution in [0.5, 0.6) is 0 Å². The van der Waals surface area contributed by atoms with E-state index >= 15 is 0 Å². The molecule has 1 saturated heterocycles. The lowest BCUT2D eigenvalue weighted by molar-refractivity contribution is -0.146. The summed E-state index contributed by atoms with van der Waals surface area (Å²) in [6.45, 7) is 4.09. The largest absolute Gasteiger partial charge is 0.344 e. The fourth-order valence-electron chi connectivity index (χ4n) is 1.97. The number of carbonyl (C=O) groups is 2. The number of amides is 2. The normalized spacial score (nSPS) is 18.5. The second kappa shape index (κ2) is 6.85. The number of rotatable bonds is 3. The third-order valence-electron chi connectivity index (χ3n) is 2.75. The molecule has 1 heterocycles. The molecular weight excluding hydrogens is 270 g/mol. The highest BCUT2D eigenvalue weighted by molar-refractivity contribution is 7.90. The number of hydrogen-bond acceptors (Lipinski definition) is 5. The van der Waals surface area contributed by atoms with Crippen LogP contribution in [0.15, 0.2) is 0 Å². The Morgan fingerprint density at radius 1 is 1.32 bits per heavy atom. The van der Waals surface area contributed by atoms with Crippen LogP contribution >= 0.6 is 0 Å². The zero-order valence-corrected chi connectivity index (χ0v) is 12.1. The number of carbonyl (C=O) groups excluding carboxylic acids is 2. The summed E-state index contributed by atoms with van der Waals surface area (Å²) in [4.78, 5) is 25.1. The second-order valence-electron chi connectivity index (χ2n) is 4.86. The Bertz CT molecular complexity index is 427. The second-order valence-corrected chi connectivity index (χ2v) is 7.05. The Morgan fingerprint density at radius 3 is 2.63 bits per heavy atom. The molecule has 0 spiro atoms. The third kappa shape index (κ3) is 6.02. The first-order chi connectivity index (χ1) is 8.79. The molecule has 0 aromatic rings. The number of hydrogen-bond donors (Lipinski definition) is 2. The molecular formula is C11H21N3O4S. The van der Waals surface area contributed by atoms with Crippen molar-refractivity contribution >= 4 is 21.7 Å². The summed E-state index contributed by atoms with van der Waals surface area (Å²) in [6, 6.07) is -0.573. The lowest BCUT2D eigenvalue weighted by Gasteiger charge is -2.20. The Morgan fingerprint density at radius 2 is 2.00 bits per heavy atom. The van der Waals surface area contributed by atoms with Crippen LogP contribution in [0.2, 0.25) is 0 Å². The molecule has 1 fully saturated rings. The fraction of sp³-hybridized carbons (Fsp3) is 0.818. The van der Waals surface area contributed by atoms with E-state index in [0.29, 0.717) is 19.6 Å². The Hall–Kier alpha value is -1.15. The van der Waals surface area contributed by atoms with Crippen molar-refractivity contribution in [1.82, 2.24) is 15.5 Å². The first-order valence-electron chi connectivity index (χ1n) is 6.28. The van der Waals surface area contributed by atoms with Crippen molar-refractivity contribution in [2.75, 3.05) is 38.2 Å². The summed E-state index contributed by atoms with van der Waals surface area (Å²) in [7, 11) is -3.18. The third-order valence-corrected chi connectivity index (χ3v) is 3.86. The van der Waals surface area contributed by atoms with Gasteiger partial charge in [-0.2, -0.15) is 0 Å². The molecule has 110 valence electrons. The average Bonchev–Trinajstić information content (AvgIpc) is 2.53. The number of nitrogens with zero attached hydrogens (tertiary/aromatic N) is 1. The molecule has 0 bridgehead atoms. The highest BCUT2D eigenvalue weighted by atomic mass is 32.2. The van der Waals surface area contributed by atoms with Gasteiger partial charge >= 0.3 is 11.8 Å². The molecule has 7 nitrogen and oxygen atoms in total. The highest BCUT2D eigenvalue weighted by Crippen LogP contribution is 1.97. The van der Waals surface area contributed by atoms with E-state index in [-0.39, 0.29) is 5.75 Å². The predicted molar refractivity (Wildman–Crippen MR) is 71.4 cm³/mol. The van der Waals surface area contributed by atoms with Crippen LogP contribution in [0.3, 0.4) is 0 Å². The average molecular weight is 291 g/mol. The lowest BCUT2D eigenvalue weighted by Crippen LogP contribution is -2.48. The Kier molecular flexibility index (Phi) is 5.74. The monoisotopic (exact) mass is 291 g/mol. The molecule has 1 unspecified atom stereocenters. The maximum absolute atomic E-state index is 11.9. The fourth-order valence-corrected chi connectivity index (χ4v) is 2.97. The lowest BCUT2D eigenvalue weighted by atomic mass is 10.3. The molecule has 1 aliphatic heterocycles. The van der Waals surface area contributed by atoms with Crippen molar-refractivity contribution < 1.29 is 18.0 Å². The van der Waals surface area contributed by atoms with Gasteiger partial charge in [0.15, 0.2) is 0 Å². The van der Waals surface area contributed by atoms with Gasteiger partial charge in [-0.1, -0.05) is 0 Å². The van der Waals surface area contributed by atoms with Gasteiger partial charge in [-0.05, 0) is 19.9 Å². The van der Waals surface area contributed by atoms with Crippen molar-refractivity contribution in [3.05, 3.63) is 0 Å². The maximum atomic E-state index is 11.9. The minimum Gasteiger partial charge on any atom is -0.344 e. The summed E-state index contributed by atoms with van der Waals surface area (Å²) in [5.41, 5.74) is 0. The van der Waals surface area contributed by atoms with E-state index in [2.05, 4.69) is 10.6 Å². The Balaban J connectivity index is 2.49. The van der Waals surface area contributed by atoms with Gasteiger partial charge in [0.25, 0.3) is 0 Å². The highest BCUT2D eigenvalue weighted by Gasteiger charge is 2.24. The minimum absolute atomic E-state index is 0.173. The van der Waals surface area contributed by atoms with Crippen molar-refractivity contribution in [3.63, 3.8) is 0 Å². The molecule has 19 heavy (non-hydrogen) atoms. The summed E-state index contributed by atoms with van der Waals surface area (Å²) < 4.78 is 22.2. The van der Waals surface area contributed by atoms with Crippen molar-refractivity contribution in [2.45, 2.75) is 19.4 Å². The van der Waals surface area contributed by atoms with Crippen LogP contribution < -0.4 is 10.6 Å². The first-order valence-corrected chi connectivity index (χ1v) is 8.34. The maximum Gasteiger partial charge on any atom is 0.311 e. The van der Waals surface area contributed by atoms with Gasteiger partial charge in [0.05, 0.1) is 5.75 Å². The quantitative estimate of drug-likeness (QED) is 0.608. The zero-order chi connectivity index (χ0) is 14.5. The summed E-state index contributed by atoms with van der Waals surface area (Å²) >= 11 is 0. The van der Waals surface area contributed by atoms with E-state index in [1.807, 2.05) is 0 Å². The molecule has 1 rings (SSSR count). The molecule has 2 amide bonds. The standard InChI is InChI=1S/C11H21N3O4S/c1-9(8-19(2,17)18)13-10(15)11(16)14-6-3-4-12-5-7-14/h9,12H,3-8H2,1-2H3,(H,13,15). The van der Waals surface area contributed by atoms with Crippen LogP contribution in [0.1, 0.15) is 13.3 Å². The van der Waals surface area contributed by atoms with Gasteiger partial charge in [0, 0.05) is 31.9 Å². The van der Waals surface area contributed by atoms with Crippen LogP contribution in [0, 0.1) is 0 Å². The predicted octanol–water partition coefficient (Wildman–Crippen LogP) is -1.64. The van der Waals surface area contributed by atoms with Gasteiger partial charge in [0.2, 0.25) is 0 Å². The van der Waals surface area contributed by atoms with Gasteiger partial charge in [-0.15, -0.1) is 0 Å². The molecule has 8 heteroatoms. The van der Waals surface area contributed by atoms with Crippen molar-refractivity contribution in [3.8, 4) is 0 Å². The minimum atomic E-state index is -3.18. The topological polar surface area (TPSA) is 95.6 Å². The van der Waals surface area contributed by atoms with Crippen LogP contribution in [0.25, 0.3) is 0 Å². The van der Waals surface area contributed by atoms with Gasteiger partial charge in [-0.3, -0.25) is 9.59 Å². The molecule has 0 aromatic heterocycles. The molecule has 0 aromatic carbocycles. The first kappa shape index (κ1) is 15.9. The summed E-state index contributed by atoms with van der Waals surface area (Å²) in [6.07, 6.45) is 1.90. The van der Waals surface area contributed by atoms with Gasteiger partial charge < -0.3 is 15.5 Å². The summed E-state index contributed by atoms with van der Waals surface area (Å²) in [5.74, 6) is -1.50. The van der Waals surface area contributed by atoms with E-state index in [9.17, 15) is 18.0 Å². The molecule has 0 radical (unpaired) electrons. The van der Waals surface area contributed by atoms with E-state index in [1.54, 1.807) is 6.92 Å². The zero-order valence-electron chi connectivity index (χ0n) is 11.3. The van der Waals surface area contributed by atoms with E-state index in [1.165, 1.54) is 4.90 Å². The van der Waals surface area contributed by atoms with Gasteiger partial charge in [-0.25, -0.2) is 8.42 Å². The number of nitrogens with one attached hydrogen (secondary N) is 2. The summed E-state index contributed by atoms with van der Waals surface area (Å²) in [5, 5.41) is 5.56. The van der Waals surface area contributed by atoms with Crippen LogP contribution in [-0.2, 0) is 19.4 Å². The van der Waals surface area contributed by atoms with E-state index in [0.717, 1.165) is 19.2 Å². The van der Waals surface area contributed by atoms with E-state index in [4.69, 9.17) is 0 Å². The molecule has 1 aliphatic rings. The molecule has 2 N–H and O–H groups in total. The van der Waals surface area contributed by atoms with Crippen molar-refractivity contribution in [1.29, 1.82) is 0 Å². The van der Waals surface area contributed by atoms with E-state index < -0.39 is 27.7 Å². The van der Waals surface area contributed by atoms with Crippen LogP contribution in [-0.4, -0.2) is 69.4 Å². The molecule has 1 atom stereocenters. The smallest absolute Gasteiger partial charge is 0.311 e. The number of sulfone groups is 1. The van der Waals surface area contributed by atoms with Crippen molar-refractivity contribution in [2.24, 2.45) is 0 Å². The van der Waals surface area contributed by atoms with Gasteiger partial charge in [0.1, 0.15) is 9.84 Å². The molecule has 0 aliphatic carbocycles. The van der Waals surface area contributed by atoms with Crippen LogP contribution in [0.4, 0.5) is 0 Å². The molecule has 0 saturated carbocycles. The Labute approximate surface area is 113 Å². The SMILES string of the molecule is CC(CS(C)(=O)=O)NC(=O)C(=O)N1CCCNCC1.